The molecule has 0 aliphatic heterocycles. The molecular formula is C13H9ClF3NO2. The summed E-state index contributed by atoms with van der Waals surface area (Å²) in [5, 5.41) is 9.01. The largest absolute Gasteiger partial charge is 0.438 e. The first-order chi connectivity index (χ1) is 9.40. The molecule has 0 radical (unpaired) electrons. The number of benzene rings is 1. The van der Waals surface area contributed by atoms with E-state index in [1.54, 1.807) is 0 Å². The van der Waals surface area contributed by atoms with Crippen LogP contribution in [0.3, 0.4) is 0 Å². The maximum Gasteiger partial charge on any atom is 0.416 e. The van der Waals surface area contributed by atoms with E-state index in [-0.39, 0.29) is 23.3 Å². The molecule has 0 aliphatic rings. The lowest BCUT2D eigenvalue weighted by Crippen LogP contribution is -2.04. The molecule has 2 aromatic rings. The Hall–Kier alpha value is -1.79. The number of aromatic nitrogens is 1. The number of halogens is 4. The highest BCUT2D eigenvalue weighted by atomic mass is 35.5. The Morgan fingerprint density at radius 1 is 1.25 bits per heavy atom. The van der Waals surface area contributed by atoms with Crippen molar-refractivity contribution in [3.05, 3.63) is 52.7 Å². The summed E-state index contributed by atoms with van der Waals surface area (Å²) in [6.45, 7) is -0.240. The Morgan fingerprint density at radius 3 is 2.60 bits per heavy atom. The van der Waals surface area contributed by atoms with Crippen LogP contribution in [-0.2, 0) is 12.8 Å². The van der Waals surface area contributed by atoms with Crippen molar-refractivity contribution in [3.63, 3.8) is 0 Å². The summed E-state index contributed by atoms with van der Waals surface area (Å²) in [6.07, 6.45) is -3.12. The molecule has 0 saturated carbocycles. The van der Waals surface area contributed by atoms with Gasteiger partial charge in [0.05, 0.1) is 12.2 Å². The SMILES string of the molecule is OCc1cnc(Oc2cccc(C(F)(F)F)c2)c(Cl)c1. The van der Waals surface area contributed by atoms with Crippen molar-refractivity contribution >= 4 is 11.6 Å². The Balaban J connectivity index is 2.26. The summed E-state index contributed by atoms with van der Waals surface area (Å²) < 4.78 is 42.9. The molecule has 0 fully saturated rings. The smallest absolute Gasteiger partial charge is 0.416 e. The minimum atomic E-state index is -4.45. The van der Waals surface area contributed by atoms with Crippen LogP contribution in [0.4, 0.5) is 13.2 Å². The van der Waals surface area contributed by atoms with Crippen LogP contribution in [0.25, 0.3) is 0 Å². The average molecular weight is 304 g/mol. The van der Waals surface area contributed by atoms with Gasteiger partial charge in [0.15, 0.2) is 0 Å². The zero-order valence-corrected chi connectivity index (χ0v) is 10.7. The summed E-state index contributed by atoms with van der Waals surface area (Å²) in [5.74, 6) is -0.0471. The molecule has 106 valence electrons. The molecule has 0 bridgehead atoms. The van der Waals surface area contributed by atoms with Gasteiger partial charge in [-0.3, -0.25) is 0 Å². The monoisotopic (exact) mass is 303 g/mol. The molecule has 1 aromatic heterocycles. The van der Waals surface area contributed by atoms with Crippen LogP contribution in [0.2, 0.25) is 5.02 Å². The third kappa shape index (κ3) is 3.40. The molecule has 0 aliphatic carbocycles. The van der Waals surface area contributed by atoms with Gasteiger partial charge in [-0.05, 0) is 29.8 Å². The number of ether oxygens (including phenoxy) is 1. The van der Waals surface area contributed by atoms with Crippen LogP contribution in [0.1, 0.15) is 11.1 Å². The molecule has 7 heteroatoms. The maximum absolute atomic E-state index is 12.6. The van der Waals surface area contributed by atoms with Gasteiger partial charge >= 0.3 is 6.18 Å². The first-order valence-corrected chi connectivity index (χ1v) is 5.88. The Bertz CT molecular complexity index is 617. The van der Waals surface area contributed by atoms with E-state index in [0.717, 1.165) is 12.1 Å². The number of rotatable bonds is 3. The van der Waals surface area contributed by atoms with Crippen LogP contribution in [0, 0.1) is 0 Å². The minimum Gasteiger partial charge on any atom is -0.438 e. The van der Waals surface area contributed by atoms with Crippen LogP contribution in [-0.4, -0.2) is 10.1 Å². The Labute approximate surface area is 117 Å². The van der Waals surface area contributed by atoms with Gasteiger partial charge in [-0.2, -0.15) is 13.2 Å². The van der Waals surface area contributed by atoms with Gasteiger partial charge in [-0.25, -0.2) is 4.98 Å². The fraction of sp³-hybridized carbons (Fsp3) is 0.154. The van der Waals surface area contributed by atoms with Crippen LogP contribution >= 0.6 is 11.6 Å². The third-order valence-corrected chi connectivity index (χ3v) is 2.69. The van der Waals surface area contributed by atoms with E-state index in [4.69, 9.17) is 21.4 Å². The van der Waals surface area contributed by atoms with E-state index in [1.165, 1.54) is 24.4 Å². The number of pyridine rings is 1. The topological polar surface area (TPSA) is 42.4 Å². The molecule has 0 atom stereocenters. The van der Waals surface area contributed by atoms with Gasteiger partial charge in [-0.1, -0.05) is 17.7 Å². The van der Waals surface area contributed by atoms with E-state index < -0.39 is 11.7 Å². The number of hydrogen-bond donors (Lipinski definition) is 1. The maximum atomic E-state index is 12.6. The lowest BCUT2D eigenvalue weighted by atomic mass is 10.2. The number of aliphatic hydroxyl groups excluding tert-OH is 1. The van der Waals surface area contributed by atoms with Gasteiger partial charge in [0.25, 0.3) is 0 Å². The predicted octanol–water partition coefficient (Wildman–Crippen LogP) is 4.04. The molecule has 2 rings (SSSR count). The van der Waals surface area contributed by atoms with Crippen molar-refractivity contribution in [1.29, 1.82) is 0 Å². The molecule has 0 spiro atoms. The van der Waals surface area contributed by atoms with Crippen LogP contribution < -0.4 is 4.74 Å². The molecule has 0 amide bonds. The highest BCUT2D eigenvalue weighted by Gasteiger charge is 2.30. The van der Waals surface area contributed by atoms with Crippen LogP contribution in [0.15, 0.2) is 36.5 Å². The van der Waals surface area contributed by atoms with E-state index in [1.807, 2.05) is 0 Å². The lowest BCUT2D eigenvalue weighted by molar-refractivity contribution is -0.137. The van der Waals surface area contributed by atoms with E-state index in [9.17, 15) is 13.2 Å². The summed E-state index contributed by atoms with van der Waals surface area (Å²) in [6, 6.07) is 5.83. The fourth-order valence-corrected chi connectivity index (χ4v) is 1.70. The average Bonchev–Trinajstić information content (AvgIpc) is 2.40. The molecule has 1 heterocycles. The second-order valence-electron chi connectivity index (χ2n) is 3.92. The molecule has 0 unspecified atom stereocenters. The second-order valence-corrected chi connectivity index (χ2v) is 4.32. The summed E-state index contributed by atoms with van der Waals surface area (Å²) >= 11 is 5.87. The van der Waals surface area contributed by atoms with E-state index in [0.29, 0.717) is 5.56 Å². The van der Waals surface area contributed by atoms with Crippen molar-refractivity contribution in [2.75, 3.05) is 0 Å². The minimum absolute atomic E-state index is 0.0222. The second kappa shape index (κ2) is 5.68. The zero-order valence-electron chi connectivity index (χ0n) is 9.99. The zero-order chi connectivity index (χ0) is 14.8. The molecule has 1 aromatic carbocycles. The molecule has 0 saturated heterocycles. The van der Waals surface area contributed by atoms with Crippen LogP contribution in [0.5, 0.6) is 11.6 Å². The number of nitrogens with zero attached hydrogens (tertiary/aromatic N) is 1. The third-order valence-electron chi connectivity index (χ3n) is 2.42. The van der Waals surface area contributed by atoms with E-state index >= 15 is 0 Å². The summed E-state index contributed by atoms with van der Waals surface area (Å²) in [5.41, 5.74) is -0.343. The van der Waals surface area contributed by atoms with Crippen molar-refractivity contribution < 1.29 is 23.0 Å². The normalized spacial score (nSPS) is 11.4. The highest BCUT2D eigenvalue weighted by Crippen LogP contribution is 2.33. The number of alkyl halides is 3. The van der Waals surface area contributed by atoms with Crippen molar-refractivity contribution in [3.8, 4) is 11.6 Å². The quantitative estimate of drug-likeness (QED) is 0.930. The Morgan fingerprint density at radius 2 is 2.00 bits per heavy atom. The molecular weight excluding hydrogens is 295 g/mol. The van der Waals surface area contributed by atoms with Crippen molar-refractivity contribution in [2.24, 2.45) is 0 Å². The highest BCUT2D eigenvalue weighted by molar-refractivity contribution is 6.31. The van der Waals surface area contributed by atoms with Gasteiger partial charge in [-0.15, -0.1) is 0 Å². The number of hydrogen-bond acceptors (Lipinski definition) is 3. The van der Waals surface area contributed by atoms with Gasteiger partial charge < -0.3 is 9.84 Å². The Kier molecular flexibility index (Phi) is 4.15. The van der Waals surface area contributed by atoms with E-state index in [2.05, 4.69) is 4.98 Å². The summed E-state index contributed by atoms with van der Waals surface area (Å²) in [7, 11) is 0. The molecule has 1 N–H and O–H groups in total. The number of aliphatic hydroxyl groups is 1. The molecule has 3 nitrogen and oxygen atoms in total. The first-order valence-electron chi connectivity index (χ1n) is 5.50. The van der Waals surface area contributed by atoms with Gasteiger partial charge in [0.2, 0.25) is 5.88 Å². The lowest BCUT2D eigenvalue weighted by Gasteiger charge is -2.10. The van der Waals surface area contributed by atoms with Crippen molar-refractivity contribution in [2.45, 2.75) is 12.8 Å². The fourth-order valence-electron chi connectivity index (χ4n) is 1.47. The van der Waals surface area contributed by atoms with Gasteiger partial charge in [0.1, 0.15) is 10.8 Å². The van der Waals surface area contributed by atoms with Gasteiger partial charge in [0, 0.05) is 6.20 Å². The predicted molar refractivity (Wildman–Crippen MR) is 66.7 cm³/mol. The first kappa shape index (κ1) is 14.6. The van der Waals surface area contributed by atoms with Crippen molar-refractivity contribution in [1.82, 2.24) is 4.98 Å². The standard InChI is InChI=1S/C13H9ClF3NO2/c14-11-4-8(7-19)6-18-12(11)20-10-3-1-2-9(5-10)13(15,16)17/h1-6,19H,7H2. The summed E-state index contributed by atoms with van der Waals surface area (Å²) in [4.78, 5) is 3.84. The molecule has 20 heavy (non-hydrogen) atoms.